The van der Waals surface area contributed by atoms with Gasteiger partial charge < -0.3 is 14.7 Å². The Hall–Kier alpha value is -3.01. The Labute approximate surface area is 232 Å². The van der Waals surface area contributed by atoms with E-state index in [1.807, 2.05) is 81.4 Å². The summed E-state index contributed by atoms with van der Waals surface area (Å²) in [4.78, 5) is 2.97. The van der Waals surface area contributed by atoms with Crippen molar-refractivity contribution in [2.45, 2.75) is 57.3 Å². The van der Waals surface area contributed by atoms with E-state index in [0.29, 0.717) is 16.5 Å². The molecular formula is C31H35F5N2OSi. The molecule has 0 aliphatic carbocycles. The third-order valence-corrected chi connectivity index (χ3v) is 12.2. The summed E-state index contributed by atoms with van der Waals surface area (Å²) in [6, 6.07) is 22.3. The van der Waals surface area contributed by atoms with Crippen LogP contribution in [0.5, 0.6) is 0 Å². The summed E-state index contributed by atoms with van der Waals surface area (Å²) in [6.07, 6.45) is -2.54. The molecule has 40 heavy (non-hydrogen) atoms. The number of fused-ring (bicyclic) bond motifs is 1. The molecule has 9 heteroatoms. The minimum Gasteiger partial charge on any atom is -0.401 e. The van der Waals surface area contributed by atoms with Gasteiger partial charge in [-0.2, -0.15) is 13.2 Å². The first-order chi connectivity index (χ1) is 18.7. The van der Waals surface area contributed by atoms with Crippen LogP contribution in [0.3, 0.4) is 0 Å². The van der Waals surface area contributed by atoms with E-state index in [1.54, 1.807) is 13.1 Å². The number of nitrogens with one attached hydrogen (secondary N) is 2. The Morgan fingerprint density at radius 3 is 1.95 bits per heavy atom. The van der Waals surface area contributed by atoms with Gasteiger partial charge in [-0.15, -0.1) is 0 Å². The van der Waals surface area contributed by atoms with Gasteiger partial charge in [-0.1, -0.05) is 81.4 Å². The molecule has 0 radical (unpaired) electrons. The van der Waals surface area contributed by atoms with Crippen LogP contribution in [-0.4, -0.2) is 38.4 Å². The maximum absolute atomic E-state index is 15.4. The van der Waals surface area contributed by atoms with Crippen LogP contribution in [0.2, 0.25) is 5.04 Å². The van der Waals surface area contributed by atoms with Crippen molar-refractivity contribution < 1.29 is 26.4 Å². The van der Waals surface area contributed by atoms with Crippen LogP contribution in [0, 0.1) is 0 Å². The van der Waals surface area contributed by atoms with Crippen molar-refractivity contribution >= 4 is 29.6 Å². The highest BCUT2D eigenvalue weighted by Gasteiger charge is 2.51. The first-order valence-electron chi connectivity index (χ1n) is 13.3. The normalized spacial score (nSPS) is 14.0. The fraction of sp³-hybridized carbons (Fsp3) is 0.355. The number of alkyl halides is 5. The number of aromatic amines is 1. The molecule has 0 bridgehead atoms. The van der Waals surface area contributed by atoms with Crippen molar-refractivity contribution in [1.82, 2.24) is 10.3 Å². The molecule has 0 aliphatic heterocycles. The molecule has 1 atom stereocenters. The van der Waals surface area contributed by atoms with Gasteiger partial charge in [0.15, 0.2) is 0 Å². The topological polar surface area (TPSA) is 37.0 Å². The lowest BCUT2D eigenvalue weighted by Crippen LogP contribution is -2.67. The van der Waals surface area contributed by atoms with Gasteiger partial charge in [0.1, 0.15) is 0 Å². The number of benzene rings is 3. The zero-order valence-corrected chi connectivity index (χ0v) is 24.1. The van der Waals surface area contributed by atoms with Crippen LogP contribution < -0.4 is 15.7 Å². The number of halogens is 5. The molecule has 2 N–H and O–H groups in total. The third-order valence-electron chi connectivity index (χ3n) is 7.25. The summed E-state index contributed by atoms with van der Waals surface area (Å²) in [5.41, 5.74) is 0.459. The first-order valence-corrected chi connectivity index (χ1v) is 15.2. The number of H-pyrrole nitrogens is 1. The molecule has 1 heterocycles. The number of rotatable bonds is 10. The lowest BCUT2D eigenvalue weighted by Gasteiger charge is -2.43. The second-order valence-electron chi connectivity index (χ2n) is 11.4. The van der Waals surface area contributed by atoms with Crippen molar-refractivity contribution in [3.05, 3.63) is 96.2 Å². The van der Waals surface area contributed by atoms with E-state index in [1.165, 1.54) is 6.07 Å². The Morgan fingerprint density at radius 1 is 0.850 bits per heavy atom. The van der Waals surface area contributed by atoms with Crippen LogP contribution in [0.1, 0.15) is 38.8 Å². The van der Waals surface area contributed by atoms with Gasteiger partial charge >= 0.3 is 6.18 Å². The van der Waals surface area contributed by atoms with E-state index < -0.39 is 50.2 Å². The van der Waals surface area contributed by atoms with Gasteiger partial charge in [-0.25, -0.2) is 8.78 Å². The fourth-order valence-corrected chi connectivity index (χ4v) is 9.86. The van der Waals surface area contributed by atoms with Crippen molar-refractivity contribution in [3.8, 4) is 0 Å². The Kier molecular flexibility index (Phi) is 8.59. The van der Waals surface area contributed by atoms with Crippen LogP contribution in [0.25, 0.3) is 10.9 Å². The highest BCUT2D eigenvalue weighted by atomic mass is 28.4. The smallest absolute Gasteiger partial charge is 0.401 e. The Morgan fingerprint density at radius 2 is 1.43 bits per heavy atom. The molecule has 4 rings (SSSR count). The monoisotopic (exact) mass is 574 g/mol. The molecule has 1 aromatic heterocycles. The molecule has 0 saturated heterocycles. The zero-order chi connectivity index (χ0) is 29.2. The maximum Gasteiger partial charge on any atom is 0.416 e. The number of aromatic nitrogens is 1. The minimum absolute atomic E-state index is 0.285. The average molecular weight is 575 g/mol. The van der Waals surface area contributed by atoms with Crippen molar-refractivity contribution in [2.75, 3.05) is 13.2 Å². The standard InChI is InChI=1S/C31H35F5N2OSi/c1-22(17-23-19-37-28-16-15-24(18-27(23)28)31(34,35)36)38-20-30(32,33)21-39-40(29(2,3)4,25-11-7-5-8-12-25)26-13-9-6-10-14-26/h5-16,18-19,22,37-38H,17,20-21H2,1-4H3. The van der Waals surface area contributed by atoms with Crippen LogP contribution in [-0.2, 0) is 17.0 Å². The number of hydrogen-bond acceptors (Lipinski definition) is 2. The van der Waals surface area contributed by atoms with Gasteiger partial charge in [-0.3, -0.25) is 0 Å². The quantitative estimate of drug-likeness (QED) is 0.159. The highest BCUT2D eigenvalue weighted by molar-refractivity contribution is 6.99. The molecule has 0 aliphatic rings. The molecule has 3 nitrogen and oxygen atoms in total. The predicted octanol–water partition coefficient (Wildman–Crippen LogP) is 6.92. The first kappa shape index (κ1) is 30.0. The van der Waals surface area contributed by atoms with E-state index in [-0.39, 0.29) is 6.42 Å². The van der Waals surface area contributed by atoms with E-state index in [0.717, 1.165) is 22.5 Å². The van der Waals surface area contributed by atoms with E-state index in [9.17, 15) is 13.2 Å². The molecule has 0 fully saturated rings. The lowest BCUT2D eigenvalue weighted by atomic mass is 10.0. The summed E-state index contributed by atoms with van der Waals surface area (Å²) >= 11 is 0. The second kappa shape index (κ2) is 11.5. The van der Waals surface area contributed by atoms with Crippen molar-refractivity contribution in [3.63, 3.8) is 0 Å². The Balaban J connectivity index is 1.49. The molecular weight excluding hydrogens is 539 g/mol. The van der Waals surface area contributed by atoms with Gasteiger partial charge in [0.2, 0.25) is 0 Å². The highest BCUT2D eigenvalue weighted by Crippen LogP contribution is 2.38. The van der Waals surface area contributed by atoms with Gasteiger partial charge in [0.25, 0.3) is 14.2 Å². The molecule has 4 aromatic rings. The number of hydrogen-bond donors (Lipinski definition) is 2. The zero-order valence-electron chi connectivity index (χ0n) is 23.1. The van der Waals surface area contributed by atoms with Crippen molar-refractivity contribution in [2.24, 2.45) is 0 Å². The molecule has 3 aromatic carbocycles. The van der Waals surface area contributed by atoms with Gasteiger partial charge in [0.05, 0.1) is 18.7 Å². The summed E-state index contributed by atoms with van der Waals surface area (Å²) in [7, 11) is -3.12. The summed E-state index contributed by atoms with van der Waals surface area (Å²) in [5.74, 6) is -3.18. The SMILES string of the molecule is CC(Cc1c[nH]c2ccc(C(F)(F)F)cc12)NCC(F)(F)CO[Si](c1ccccc1)(c1ccccc1)C(C)(C)C. The molecule has 0 spiro atoms. The summed E-state index contributed by atoms with van der Waals surface area (Å²) in [6.45, 7) is 6.45. The fourth-order valence-electron chi connectivity index (χ4n) is 5.28. The average Bonchev–Trinajstić information content (AvgIpc) is 3.30. The second-order valence-corrected chi connectivity index (χ2v) is 15.7. The predicted molar refractivity (Wildman–Crippen MR) is 153 cm³/mol. The minimum atomic E-state index is -4.46. The van der Waals surface area contributed by atoms with E-state index in [4.69, 9.17) is 4.43 Å². The molecule has 214 valence electrons. The van der Waals surface area contributed by atoms with Crippen LogP contribution in [0.4, 0.5) is 22.0 Å². The molecule has 1 unspecified atom stereocenters. The summed E-state index contributed by atoms with van der Waals surface area (Å²) in [5, 5.41) is 4.72. The van der Waals surface area contributed by atoms with Crippen LogP contribution >= 0.6 is 0 Å². The Bertz CT molecular complexity index is 1360. The van der Waals surface area contributed by atoms with E-state index in [2.05, 4.69) is 10.3 Å². The molecule has 0 saturated carbocycles. The van der Waals surface area contributed by atoms with E-state index >= 15 is 8.78 Å². The van der Waals surface area contributed by atoms with Crippen molar-refractivity contribution in [1.29, 1.82) is 0 Å². The maximum atomic E-state index is 15.4. The largest absolute Gasteiger partial charge is 0.416 e. The third kappa shape index (κ3) is 6.48. The molecule has 0 amide bonds. The van der Waals surface area contributed by atoms with Crippen LogP contribution in [0.15, 0.2) is 85.1 Å². The lowest BCUT2D eigenvalue weighted by molar-refractivity contribution is -0.137. The van der Waals surface area contributed by atoms with Gasteiger partial charge in [0, 0.05) is 23.1 Å². The van der Waals surface area contributed by atoms with Gasteiger partial charge in [-0.05, 0) is 52.5 Å². The summed E-state index contributed by atoms with van der Waals surface area (Å²) < 4.78 is 76.7.